The summed E-state index contributed by atoms with van der Waals surface area (Å²) >= 11 is 0. The summed E-state index contributed by atoms with van der Waals surface area (Å²) in [5, 5.41) is 12.2. The van der Waals surface area contributed by atoms with Crippen molar-refractivity contribution < 1.29 is 24.2 Å². The maximum absolute atomic E-state index is 11.5. The van der Waals surface area contributed by atoms with Crippen molar-refractivity contribution in [3.05, 3.63) is 29.8 Å². The summed E-state index contributed by atoms with van der Waals surface area (Å²) < 4.78 is 9.80. The molecule has 0 fully saturated rings. The Hall–Kier alpha value is -2.50. The van der Waals surface area contributed by atoms with Crippen LogP contribution in [-0.4, -0.2) is 36.2 Å². The van der Waals surface area contributed by atoms with Crippen LogP contribution in [0.4, 0.5) is 0 Å². The number of carbonyl (C=O) groups excluding carboxylic acids is 2. The Kier molecular flexibility index (Phi) is 5.98. The minimum absolute atomic E-state index is 0.0149. The molecule has 0 spiro atoms. The first-order valence-electron chi connectivity index (χ1n) is 6.74. The SMILES string of the molecule is COc1cc(/C=C/C(=O)OCC(=O)NC(C)(C)C)ccc1O. The molecule has 0 aliphatic heterocycles. The first-order valence-corrected chi connectivity index (χ1v) is 6.74. The number of carbonyl (C=O) groups is 2. The van der Waals surface area contributed by atoms with Gasteiger partial charge in [-0.3, -0.25) is 4.79 Å². The molecule has 120 valence electrons. The smallest absolute Gasteiger partial charge is 0.331 e. The zero-order valence-corrected chi connectivity index (χ0v) is 13.2. The van der Waals surface area contributed by atoms with Gasteiger partial charge in [0.15, 0.2) is 18.1 Å². The summed E-state index contributed by atoms with van der Waals surface area (Å²) in [7, 11) is 1.44. The van der Waals surface area contributed by atoms with Gasteiger partial charge in [-0.15, -0.1) is 0 Å². The summed E-state index contributed by atoms with van der Waals surface area (Å²) in [5.74, 6) is -0.669. The molecule has 0 unspecified atom stereocenters. The molecule has 0 aliphatic rings. The van der Waals surface area contributed by atoms with E-state index in [9.17, 15) is 14.7 Å². The Morgan fingerprint density at radius 1 is 1.32 bits per heavy atom. The zero-order chi connectivity index (χ0) is 16.8. The topological polar surface area (TPSA) is 84.9 Å². The number of nitrogens with one attached hydrogen (secondary N) is 1. The van der Waals surface area contributed by atoms with Gasteiger partial charge in [0.2, 0.25) is 0 Å². The van der Waals surface area contributed by atoms with Gasteiger partial charge in [-0.2, -0.15) is 0 Å². The van der Waals surface area contributed by atoms with E-state index in [1.807, 2.05) is 20.8 Å². The Labute approximate surface area is 129 Å². The molecule has 6 heteroatoms. The van der Waals surface area contributed by atoms with Crippen LogP contribution >= 0.6 is 0 Å². The van der Waals surface area contributed by atoms with Crippen LogP contribution in [0.25, 0.3) is 6.08 Å². The molecule has 0 saturated carbocycles. The molecule has 22 heavy (non-hydrogen) atoms. The lowest BCUT2D eigenvalue weighted by atomic mass is 10.1. The lowest BCUT2D eigenvalue weighted by Crippen LogP contribution is -2.42. The molecule has 0 aromatic heterocycles. The van der Waals surface area contributed by atoms with Crippen molar-refractivity contribution in [3.63, 3.8) is 0 Å². The molecule has 6 nitrogen and oxygen atoms in total. The first-order chi connectivity index (χ1) is 10.2. The maximum atomic E-state index is 11.5. The molecule has 1 rings (SSSR count). The minimum Gasteiger partial charge on any atom is -0.504 e. The van der Waals surface area contributed by atoms with E-state index in [0.717, 1.165) is 0 Å². The number of hydrogen-bond donors (Lipinski definition) is 2. The monoisotopic (exact) mass is 307 g/mol. The number of hydrogen-bond acceptors (Lipinski definition) is 5. The summed E-state index contributed by atoms with van der Waals surface area (Å²) in [6, 6.07) is 4.65. The standard InChI is InChI=1S/C16H21NO5/c1-16(2,3)17-14(19)10-22-15(20)8-6-11-5-7-12(18)13(9-11)21-4/h5-9,18H,10H2,1-4H3,(H,17,19)/b8-6+. The number of esters is 1. The Balaban J connectivity index is 2.53. The number of aromatic hydroxyl groups is 1. The lowest BCUT2D eigenvalue weighted by Gasteiger charge is -2.20. The van der Waals surface area contributed by atoms with Crippen LogP contribution in [0.1, 0.15) is 26.3 Å². The van der Waals surface area contributed by atoms with Crippen LogP contribution in [-0.2, 0) is 14.3 Å². The molecule has 0 radical (unpaired) electrons. The van der Waals surface area contributed by atoms with Crippen molar-refractivity contribution in [1.82, 2.24) is 5.32 Å². The molecular weight excluding hydrogens is 286 g/mol. The third kappa shape index (κ3) is 6.30. The van der Waals surface area contributed by atoms with E-state index >= 15 is 0 Å². The van der Waals surface area contributed by atoms with E-state index in [1.54, 1.807) is 12.1 Å². The molecule has 1 amide bonds. The molecule has 0 saturated heterocycles. The van der Waals surface area contributed by atoms with E-state index in [0.29, 0.717) is 11.3 Å². The van der Waals surface area contributed by atoms with Crippen LogP contribution in [0.2, 0.25) is 0 Å². The molecule has 1 aromatic carbocycles. The highest BCUT2D eigenvalue weighted by Gasteiger charge is 2.14. The van der Waals surface area contributed by atoms with E-state index in [1.165, 1.54) is 25.3 Å². The maximum Gasteiger partial charge on any atom is 0.331 e. The highest BCUT2D eigenvalue weighted by molar-refractivity contribution is 5.89. The third-order valence-electron chi connectivity index (χ3n) is 2.48. The number of phenolic OH excluding ortho intramolecular Hbond substituents is 1. The largest absolute Gasteiger partial charge is 0.504 e. The number of rotatable bonds is 5. The van der Waals surface area contributed by atoms with Crippen molar-refractivity contribution in [2.75, 3.05) is 13.7 Å². The molecule has 0 atom stereocenters. The first kappa shape index (κ1) is 17.6. The average molecular weight is 307 g/mol. The summed E-state index contributed by atoms with van der Waals surface area (Å²) in [6.45, 7) is 5.18. The van der Waals surface area contributed by atoms with E-state index in [4.69, 9.17) is 9.47 Å². The highest BCUT2D eigenvalue weighted by atomic mass is 16.5. The van der Waals surface area contributed by atoms with Crippen LogP contribution in [0, 0.1) is 0 Å². The molecular formula is C16H21NO5. The number of amides is 1. The quantitative estimate of drug-likeness (QED) is 0.641. The summed E-state index contributed by atoms with van der Waals surface area (Å²) in [6.07, 6.45) is 2.71. The predicted molar refractivity (Wildman–Crippen MR) is 82.5 cm³/mol. The fraction of sp³-hybridized carbons (Fsp3) is 0.375. The molecule has 0 bridgehead atoms. The van der Waals surface area contributed by atoms with Gasteiger partial charge >= 0.3 is 5.97 Å². The van der Waals surface area contributed by atoms with E-state index in [2.05, 4.69) is 5.32 Å². The van der Waals surface area contributed by atoms with Crippen LogP contribution in [0.5, 0.6) is 11.5 Å². The van der Waals surface area contributed by atoms with Crippen LogP contribution in [0.3, 0.4) is 0 Å². The van der Waals surface area contributed by atoms with Crippen molar-refractivity contribution in [2.24, 2.45) is 0 Å². The fourth-order valence-corrected chi connectivity index (χ4v) is 1.60. The van der Waals surface area contributed by atoms with Gasteiger partial charge in [0.05, 0.1) is 7.11 Å². The second-order valence-corrected chi connectivity index (χ2v) is 5.67. The number of phenols is 1. The number of methoxy groups -OCH3 is 1. The van der Waals surface area contributed by atoms with Gasteiger partial charge in [0.1, 0.15) is 0 Å². The third-order valence-corrected chi connectivity index (χ3v) is 2.48. The van der Waals surface area contributed by atoms with Gasteiger partial charge in [-0.05, 0) is 44.5 Å². The Morgan fingerprint density at radius 2 is 2.00 bits per heavy atom. The van der Waals surface area contributed by atoms with Crippen LogP contribution in [0.15, 0.2) is 24.3 Å². The van der Waals surface area contributed by atoms with Gasteiger partial charge < -0.3 is 19.9 Å². The van der Waals surface area contributed by atoms with Crippen molar-refractivity contribution in [2.45, 2.75) is 26.3 Å². The van der Waals surface area contributed by atoms with Gasteiger partial charge in [-0.1, -0.05) is 6.07 Å². The van der Waals surface area contributed by atoms with Gasteiger partial charge in [0, 0.05) is 11.6 Å². The highest BCUT2D eigenvalue weighted by Crippen LogP contribution is 2.26. The molecule has 0 heterocycles. The van der Waals surface area contributed by atoms with E-state index < -0.39 is 5.97 Å². The Morgan fingerprint density at radius 3 is 2.59 bits per heavy atom. The van der Waals surface area contributed by atoms with Crippen LogP contribution < -0.4 is 10.1 Å². The van der Waals surface area contributed by atoms with Crippen molar-refractivity contribution in [3.8, 4) is 11.5 Å². The summed E-state index contributed by atoms with van der Waals surface area (Å²) in [5.41, 5.74) is 0.285. The van der Waals surface area contributed by atoms with Crippen molar-refractivity contribution in [1.29, 1.82) is 0 Å². The number of benzene rings is 1. The Bertz CT molecular complexity index is 572. The fourth-order valence-electron chi connectivity index (χ4n) is 1.60. The number of ether oxygens (including phenoxy) is 2. The second-order valence-electron chi connectivity index (χ2n) is 5.67. The van der Waals surface area contributed by atoms with Gasteiger partial charge in [0.25, 0.3) is 5.91 Å². The predicted octanol–water partition coefficient (Wildman–Crippen LogP) is 1.87. The summed E-state index contributed by atoms with van der Waals surface area (Å²) in [4.78, 5) is 23.0. The van der Waals surface area contributed by atoms with E-state index in [-0.39, 0.29) is 23.8 Å². The zero-order valence-electron chi connectivity index (χ0n) is 13.2. The second kappa shape index (κ2) is 7.49. The normalized spacial score (nSPS) is 11.3. The molecule has 0 aliphatic carbocycles. The van der Waals surface area contributed by atoms with Gasteiger partial charge in [-0.25, -0.2) is 4.79 Å². The van der Waals surface area contributed by atoms with Crippen molar-refractivity contribution >= 4 is 18.0 Å². The molecule has 1 aromatic rings. The average Bonchev–Trinajstić information content (AvgIpc) is 2.42. The molecule has 2 N–H and O–H groups in total. The minimum atomic E-state index is -0.629. The lowest BCUT2D eigenvalue weighted by molar-refractivity contribution is -0.144.